The molecule has 0 aromatic carbocycles. The summed E-state index contributed by atoms with van der Waals surface area (Å²) < 4.78 is 0. The molecule has 0 spiro atoms. The third kappa shape index (κ3) is 4.32. The van der Waals surface area contributed by atoms with E-state index in [1.54, 1.807) is 0 Å². The van der Waals surface area contributed by atoms with Gasteiger partial charge in [-0.05, 0) is 69.6 Å². The molecule has 1 aliphatic heterocycles. The Bertz CT molecular complexity index is 757. The largest absolute Gasteiger partial charge is 0.275 e. The van der Waals surface area contributed by atoms with Crippen LogP contribution in [0.4, 0.5) is 0 Å². The molecule has 0 unspecified atom stereocenters. The highest BCUT2D eigenvalue weighted by Crippen LogP contribution is 2.40. The average molecular weight is 354 g/mol. The van der Waals surface area contributed by atoms with Crippen LogP contribution < -0.4 is 0 Å². The van der Waals surface area contributed by atoms with Crippen LogP contribution in [0.5, 0.6) is 0 Å². The molecule has 0 atom stereocenters. The van der Waals surface area contributed by atoms with E-state index in [2.05, 4.69) is 32.9 Å². The fourth-order valence-electron chi connectivity index (χ4n) is 3.75. The summed E-state index contributed by atoms with van der Waals surface area (Å²) in [5.74, 6) is -0.438. The fourth-order valence-corrected chi connectivity index (χ4v) is 3.75. The molecule has 0 fully saturated rings. The lowest BCUT2D eigenvalue weighted by Crippen LogP contribution is -2.39. The van der Waals surface area contributed by atoms with E-state index in [0.29, 0.717) is 12.1 Å². The van der Waals surface area contributed by atoms with Gasteiger partial charge in [0.2, 0.25) is 0 Å². The second kappa shape index (κ2) is 8.03. The molecule has 0 aromatic rings. The van der Waals surface area contributed by atoms with Crippen molar-refractivity contribution in [3.05, 3.63) is 58.2 Å². The van der Waals surface area contributed by atoms with Gasteiger partial charge in [-0.15, -0.1) is 0 Å². The summed E-state index contributed by atoms with van der Waals surface area (Å²) in [6.07, 6.45) is 13.3. The quantitative estimate of drug-likeness (QED) is 0.392. The first-order valence-corrected chi connectivity index (χ1v) is 9.48. The first-order chi connectivity index (χ1) is 12.2. The maximum absolute atomic E-state index is 12.5. The van der Waals surface area contributed by atoms with E-state index in [1.807, 2.05) is 32.9 Å². The lowest BCUT2D eigenvalue weighted by molar-refractivity contribution is -0.139. The summed E-state index contributed by atoms with van der Waals surface area (Å²) >= 11 is 0. The van der Waals surface area contributed by atoms with E-state index in [1.165, 1.54) is 41.4 Å². The lowest BCUT2D eigenvalue weighted by atomic mass is 9.72. The number of carbonyl (C=O) groups is 2. The number of likely N-dealkylation sites (N-methyl/N-ethyl adjacent to an activating group) is 1. The van der Waals surface area contributed by atoms with Gasteiger partial charge >= 0.3 is 0 Å². The summed E-state index contributed by atoms with van der Waals surface area (Å²) in [6.45, 7) is 12.9. The molecule has 0 N–H and O–H groups in total. The van der Waals surface area contributed by atoms with Crippen molar-refractivity contribution in [3.63, 3.8) is 0 Å². The zero-order chi connectivity index (χ0) is 19.5. The summed E-state index contributed by atoms with van der Waals surface area (Å²) in [4.78, 5) is 25.6. The molecule has 2 aliphatic rings. The number of allylic oxidation sites excluding steroid dienone is 7. The van der Waals surface area contributed by atoms with Gasteiger partial charge in [-0.1, -0.05) is 43.2 Å². The summed E-state index contributed by atoms with van der Waals surface area (Å²) in [7, 11) is 0. The third-order valence-electron chi connectivity index (χ3n) is 5.39. The van der Waals surface area contributed by atoms with Crippen molar-refractivity contribution in [1.82, 2.24) is 4.90 Å². The van der Waals surface area contributed by atoms with Gasteiger partial charge in [0.1, 0.15) is 0 Å². The molecular formula is C23H31NO2. The number of amides is 2. The van der Waals surface area contributed by atoms with Crippen molar-refractivity contribution < 1.29 is 9.59 Å². The predicted molar refractivity (Wildman–Crippen MR) is 107 cm³/mol. The number of hydrogen-bond donors (Lipinski definition) is 0. The van der Waals surface area contributed by atoms with Gasteiger partial charge in [-0.2, -0.15) is 0 Å². The van der Waals surface area contributed by atoms with Crippen molar-refractivity contribution >= 4 is 11.8 Å². The van der Waals surface area contributed by atoms with Gasteiger partial charge in [-0.3, -0.25) is 14.5 Å². The van der Waals surface area contributed by atoms with Crippen LogP contribution in [-0.4, -0.2) is 23.3 Å². The molecule has 0 saturated heterocycles. The van der Waals surface area contributed by atoms with Gasteiger partial charge < -0.3 is 0 Å². The Balaban J connectivity index is 2.25. The van der Waals surface area contributed by atoms with Gasteiger partial charge in [0, 0.05) is 18.2 Å². The van der Waals surface area contributed by atoms with Crippen molar-refractivity contribution in [2.45, 2.75) is 60.8 Å². The fraction of sp³-hybridized carbons (Fsp3) is 0.478. The van der Waals surface area contributed by atoms with Gasteiger partial charge in [0.25, 0.3) is 11.8 Å². The van der Waals surface area contributed by atoms with E-state index < -0.39 is 0 Å². The molecule has 1 heterocycles. The SMILES string of the molecule is CCN1C(=O)C=C(C)/C(=C/C=C(C)/C=C/C2=C(C)CCCC2(C)C)C1=O. The third-order valence-corrected chi connectivity index (χ3v) is 5.39. The van der Waals surface area contributed by atoms with Crippen LogP contribution in [0.15, 0.2) is 58.2 Å². The Hall–Kier alpha value is -2.16. The minimum Gasteiger partial charge on any atom is -0.275 e. The van der Waals surface area contributed by atoms with Gasteiger partial charge in [-0.25, -0.2) is 0 Å². The molecule has 0 radical (unpaired) electrons. The second-order valence-electron chi connectivity index (χ2n) is 7.97. The predicted octanol–water partition coefficient (Wildman–Crippen LogP) is 5.28. The molecule has 140 valence electrons. The van der Waals surface area contributed by atoms with Crippen LogP contribution in [0, 0.1) is 5.41 Å². The molecule has 0 saturated carbocycles. The number of hydrogen-bond acceptors (Lipinski definition) is 2. The molecule has 0 bridgehead atoms. The first kappa shape index (κ1) is 20.2. The number of imide groups is 1. The van der Waals surface area contributed by atoms with Crippen molar-refractivity contribution in [3.8, 4) is 0 Å². The Labute approximate surface area is 157 Å². The topological polar surface area (TPSA) is 37.4 Å². The van der Waals surface area contributed by atoms with Crippen LogP contribution in [0.2, 0.25) is 0 Å². The van der Waals surface area contributed by atoms with E-state index in [-0.39, 0.29) is 17.2 Å². The van der Waals surface area contributed by atoms with E-state index in [4.69, 9.17) is 0 Å². The molecular weight excluding hydrogens is 322 g/mol. The molecule has 26 heavy (non-hydrogen) atoms. The van der Waals surface area contributed by atoms with Gasteiger partial charge in [0.15, 0.2) is 0 Å². The lowest BCUT2D eigenvalue weighted by Gasteiger charge is -2.32. The Kier molecular flexibility index (Phi) is 6.22. The van der Waals surface area contributed by atoms with Crippen molar-refractivity contribution in [2.24, 2.45) is 5.41 Å². The minimum atomic E-state index is -0.227. The maximum Gasteiger partial charge on any atom is 0.260 e. The molecule has 2 rings (SSSR count). The smallest absolute Gasteiger partial charge is 0.260 e. The van der Waals surface area contributed by atoms with Crippen LogP contribution >= 0.6 is 0 Å². The van der Waals surface area contributed by atoms with E-state index in [0.717, 1.165) is 11.1 Å². The van der Waals surface area contributed by atoms with Crippen molar-refractivity contribution in [2.75, 3.05) is 6.54 Å². The van der Waals surface area contributed by atoms with Crippen LogP contribution in [0.1, 0.15) is 60.8 Å². The molecule has 0 aromatic heterocycles. The number of rotatable bonds is 4. The zero-order valence-electron chi connectivity index (χ0n) is 17.0. The Morgan fingerprint density at radius 3 is 2.58 bits per heavy atom. The monoisotopic (exact) mass is 353 g/mol. The Morgan fingerprint density at radius 2 is 1.96 bits per heavy atom. The van der Waals surface area contributed by atoms with E-state index in [9.17, 15) is 9.59 Å². The number of carbonyl (C=O) groups excluding carboxylic acids is 2. The second-order valence-corrected chi connectivity index (χ2v) is 7.97. The normalized spacial score (nSPS) is 23.3. The average Bonchev–Trinajstić information content (AvgIpc) is 2.53. The van der Waals surface area contributed by atoms with Crippen LogP contribution in [-0.2, 0) is 9.59 Å². The molecule has 3 heteroatoms. The highest BCUT2D eigenvalue weighted by atomic mass is 16.2. The standard InChI is InChI=1S/C23H31NO2/c1-7-24-21(25)15-18(4)19(22(24)26)12-10-16(2)11-13-20-17(3)9-8-14-23(20,5)6/h10-13,15H,7-9,14H2,1-6H3/b13-11+,16-10+,19-12-. The van der Waals surface area contributed by atoms with Gasteiger partial charge in [0.05, 0.1) is 0 Å². The molecule has 3 nitrogen and oxygen atoms in total. The Morgan fingerprint density at radius 1 is 1.27 bits per heavy atom. The van der Waals surface area contributed by atoms with E-state index >= 15 is 0 Å². The summed E-state index contributed by atoms with van der Waals surface area (Å²) in [6, 6.07) is 0. The molecule has 1 aliphatic carbocycles. The number of nitrogens with zero attached hydrogens (tertiary/aromatic N) is 1. The van der Waals surface area contributed by atoms with Crippen LogP contribution in [0.3, 0.4) is 0 Å². The summed E-state index contributed by atoms with van der Waals surface area (Å²) in [5, 5.41) is 0. The minimum absolute atomic E-state index is 0.211. The molecule has 2 amide bonds. The zero-order valence-corrected chi connectivity index (χ0v) is 17.0. The van der Waals surface area contributed by atoms with Crippen LogP contribution in [0.25, 0.3) is 0 Å². The van der Waals surface area contributed by atoms with Crippen molar-refractivity contribution in [1.29, 1.82) is 0 Å². The maximum atomic E-state index is 12.5. The summed E-state index contributed by atoms with van der Waals surface area (Å²) in [5.41, 5.74) is 5.52. The highest BCUT2D eigenvalue weighted by molar-refractivity contribution is 6.14. The first-order valence-electron chi connectivity index (χ1n) is 9.48. The highest BCUT2D eigenvalue weighted by Gasteiger charge is 2.28.